The third-order valence-electron chi connectivity index (χ3n) is 2.81. The van der Waals surface area contributed by atoms with E-state index in [2.05, 4.69) is 37.4 Å². The molecule has 3 rings (SSSR count). The van der Waals surface area contributed by atoms with Gasteiger partial charge in [-0.2, -0.15) is 0 Å². The van der Waals surface area contributed by atoms with Gasteiger partial charge in [0.05, 0.1) is 18.8 Å². The molecule has 3 aromatic rings. The van der Waals surface area contributed by atoms with Crippen molar-refractivity contribution in [3.05, 3.63) is 41.7 Å². The number of hydrogen-bond acceptors (Lipinski definition) is 4. The maximum Gasteiger partial charge on any atom is 0.193 e. The normalized spacial score (nSPS) is 11.4. The summed E-state index contributed by atoms with van der Waals surface area (Å²) in [6.07, 6.45) is 7.94. The second kappa shape index (κ2) is 4.91. The molecule has 0 bridgehead atoms. The van der Waals surface area contributed by atoms with Gasteiger partial charge in [0.2, 0.25) is 0 Å². The highest BCUT2D eigenvalue weighted by Gasteiger charge is 2.06. The van der Waals surface area contributed by atoms with Gasteiger partial charge in [0.15, 0.2) is 4.96 Å². The molecule has 0 spiro atoms. The Morgan fingerprint density at radius 1 is 1.39 bits per heavy atom. The smallest absolute Gasteiger partial charge is 0.193 e. The van der Waals surface area contributed by atoms with Crippen LogP contribution in [0.4, 0.5) is 0 Å². The Hall–Kier alpha value is -1.66. The van der Waals surface area contributed by atoms with E-state index >= 15 is 0 Å². The maximum absolute atomic E-state index is 4.58. The van der Waals surface area contributed by atoms with Crippen LogP contribution < -0.4 is 5.32 Å². The van der Waals surface area contributed by atoms with Crippen molar-refractivity contribution < 1.29 is 0 Å². The van der Waals surface area contributed by atoms with Gasteiger partial charge in [-0.3, -0.25) is 4.40 Å². The lowest BCUT2D eigenvalue weighted by molar-refractivity contribution is 0.635. The summed E-state index contributed by atoms with van der Waals surface area (Å²) in [6.45, 7) is 4.62. The lowest BCUT2D eigenvalue weighted by Crippen LogP contribution is -2.16. The zero-order valence-electron chi connectivity index (χ0n) is 10.2. The summed E-state index contributed by atoms with van der Waals surface area (Å²) in [6, 6.07) is 0. The first-order chi connectivity index (χ1) is 8.86. The number of hydrogen-bond donors (Lipinski definition) is 1. The van der Waals surface area contributed by atoms with Crippen LogP contribution in [0.2, 0.25) is 0 Å². The van der Waals surface area contributed by atoms with E-state index in [-0.39, 0.29) is 0 Å². The molecule has 1 N–H and O–H groups in total. The van der Waals surface area contributed by atoms with E-state index < -0.39 is 0 Å². The SMILES string of the molecule is CCNCc1nccn1Cc1cn2ccsc2n1. The van der Waals surface area contributed by atoms with E-state index in [1.165, 1.54) is 0 Å². The molecule has 6 heteroatoms. The number of rotatable bonds is 5. The molecule has 0 amide bonds. The number of fused-ring (bicyclic) bond motifs is 1. The minimum atomic E-state index is 0.773. The Morgan fingerprint density at radius 2 is 2.33 bits per heavy atom. The Bertz CT molecular complexity index is 607. The van der Waals surface area contributed by atoms with Crippen molar-refractivity contribution in [2.24, 2.45) is 0 Å². The molecular formula is C12H15N5S. The van der Waals surface area contributed by atoms with Gasteiger partial charge in [0.25, 0.3) is 0 Å². The zero-order chi connectivity index (χ0) is 12.4. The molecule has 3 aromatic heterocycles. The Balaban J connectivity index is 1.79. The fourth-order valence-corrected chi connectivity index (χ4v) is 2.63. The highest BCUT2D eigenvalue weighted by Crippen LogP contribution is 2.12. The van der Waals surface area contributed by atoms with Crippen molar-refractivity contribution in [1.29, 1.82) is 0 Å². The highest BCUT2D eigenvalue weighted by atomic mass is 32.1. The molecule has 0 aromatic carbocycles. The van der Waals surface area contributed by atoms with Crippen molar-refractivity contribution in [2.75, 3.05) is 6.54 Å². The van der Waals surface area contributed by atoms with Gasteiger partial charge >= 0.3 is 0 Å². The molecule has 18 heavy (non-hydrogen) atoms. The van der Waals surface area contributed by atoms with Crippen LogP contribution in [-0.2, 0) is 13.1 Å². The van der Waals surface area contributed by atoms with Gasteiger partial charge in [-0.1, -0.05) is 6.92 Å². The zero-order valence-corrected chi connectivity index (χ0v) is 11.0. The summed E-state index contributed by atoms with van der Waals surface area (Å²) in [7, 11) is 0. The van der Waals surface area contributed by atoms with Crippen LogP contribution >= 0.6 is 11.3 Å². The molecule has 0 saturated carbocycles. The predicted molar refractivity (Wildman–Crippen MR) is 71.8 cm³/mol. The predicted octanol–water partition coefficient (Wildman–Crippen LogP) is 1.75. The molecule has 0 radical (unpaired) electrons. The number of aromatic nitrogens is 4. The van der Waals surface area contributed by atoms with Crippen LogP contribution in [0.25, 0.3) is 4.96 Å². The average Bonchev–Trinajstić information content (AvgIpc) is 3.02. The van der Waals surface area contributed by atoms with Crippen LogP contribution in [0, 0.1) is 0 Å². The average molecular weight is 261 g/mol. The number of imidazole rings is 2. The molecule has 0 aliphatic carbocycles. The van der Waals surface area contributed by atoms with Crippen molar-refractivity contribution in [1.82, 2.24) is 24.3 Å². The van der Waals surface area contributed by atoms with Crippen LogP contribution in [0.1, 0.15) is 18.4 Å². The third-order valence-corrected chi connectivity index (χ3v) is 3.58. The molecule has 0 aliphatic heterocycles. The molecule has 0 aliphatic rings. The fraction of sp³-hybridized carbons (Fsp3) is 0.333. The summed E-state index contributed by atoms with van der Waals surface area (Å²) in [5.74, 6) is 1.05. The van der Waals surface area contributed by atoms with Crippen molar-refractivity contribution >= 4 is 16.3 Å². The van der Waals surface area contributed by atoms with Gasteiger partial charge in [0, 0.05) is 30.2 Å². The summed E-state index contributed by atoms with van der Waals surface area (Å²) in [5.41, 5.74) is 1.07. The summed E-state index contributed by atoms with van der Waals surface area (Å²) < 4.78 is 4.19. The topological polar surface area (TPSA) is 47.2 Å². The molecular weight excluding hydrogens is 246 g/mol. The maximum atomic E-state index is 4.58. The molecule has 0 atom stereocenters. The van der Waals surface area contributed by atoms with Crippen molar-refractivity contribution in [3.63, 3.8) is 0 Å². The second-order valence-electron chi connectivity index (χ2n) is 4.08. The molecule has 0 unspecified atom stereocenters. The van der Waals surface area contributed by atoms with Gasteiger partial charge < -0.3 is 9.88 Å². The highest BCUT2D eigenvalue weighted by molar-refractivity contribution is 7.15. The van der Waals surface area contributed by atoms with E-state index in [1.54, 1.807) is 11.3 Å². The van der Waals surface area contributed by atoms with E-state index in [0.717, 1.165) is 36.1 Å². The van der Waals surface area contributed by atoms with E-state index in [0.29, 0.717) is 0 Å². The van der Waals surface area contributed by atoms with E-state index in [4.69, 9.17) is 0 Å². The first kappa shape index (κ1) is 11.4. The molecule has 5 nitrogen and oxygen atoms in total. The van der Waals surface area contributed by atoms with E-state index in [1.807, 2.05) is 24.0 Å². The summed E-state index contributed by atoms with van der Waals surface area (Å²) in [4.78, 5) is 9.98. The molecule has 94 valence electrons. The Labute approximate surface area is 109 Å². The van der Waals surface area contributed by atoms with Gasteiger partial charge in [-0.15, -0.1) is 11.3 Å². The number of nitrogens with zero attached hydrogens (tertiary/aromatic N) is 4. The summed E-state index contributed by atoms with van der Waals surface area (Å²) >= 11 is 1.65. The van der Waals surface area contributed by atoms with Crippen LogP contribution in [-0.4, -0.2) is 25.5 Å². The number of thiazole rings is 1. The molecule has 3 heterocycles. The minimum Gasteiger partial charge on any atom is -0.328 e. The van der Waals surface area contributed by atoms with Crippen LogP contribution in [0.3, 0.4) is 0 Å². The van der Waals surface area contributed by atoms with Crippen molar-refractivity contribution in [3.8, 4) is 0 Å². The summed E-state index contributed by atoms with van der Waals surface area (Å²) in [5, 5.41) is 5.33. The first-order valence-corrected chi connectivity index (χ1v) is 6.86. The van der Waals surface area contributed by atoms with Gasteiger partial charge in [-0.05, 0) is 6.54 Å². The third kappa shape index (κ3) is 2.16. The molecule has 0 fully saturated rings. The monoisotopic (exact) mass is 261 g/mol. The quantitative estimate of drug-likeness (QED) is 0.761. The van der Waals surface area contributed by atoms with E-state index in [9.17, 15) is 0 Å². The van der Waals surface area contributed by atoms with Crippen molar-refractivity contribution in [2.45, 2.75) is 20.0 Å². The number of nitrogens with one attached hydrogen (secondary N) is 1. The van der Waals surface area contributed by atoms with Crippen LogP contribution in [0.15, 0.2) is 30.2 Å². The standard InChI is InChI=1S/C12H15N5S/c1-2-13-7-11-14-3-4-16(11)8-10-9-17-5-6-18-12(17)15-10/h3-6,9,13H,2,7-8H2,1H3. The fourth-order valence-electron chi connectivity index (χ4n) is 1.91. The van der Waals surface area contributed by atoms with Gasteiger partial charge in [0.1, 0.15) is 5.82 Å². The minimum absolute atomic E-state index is 0.773. The Kier molecular flexibility index (Phi) is 3.12. The van der Waals surface area contributed by atoms with Crippen LogP contribution in [0.5, 0.6) is 0 Å². The van der Waals surface area contributed by atoms with Gasteiger partial charge in [-0.25, -0.2) is 9.97 Å². The second-order valence-corrected chi connectivity index (χ2v) is 4.95. The largest absolute Gasteiger partial charge is 0.328 e. The lowest BCUT2D eigenvalue weighted by Gasteiger charge is -2.05. The first-order valence-electron chi connectivity index (χ1n) is 5.98. The lowest BCUT2D eigenvalue weighted by atomic mass is 10.4. The molecule has 0 saturated heterocycles. The Morgan fingerprint density at radius 3 is 3.17 bits per heavy atom.